The first kappa shape index (κ1) is 19.6. The molecule has 0 radical (unpaired) electrons. The SMILES string of the molecule is Cc1ccc(NC(N)=NCC2CCN(c3ccccc3)C2)cc1C.I. The van der Waals surface area contributed by atoms with E-state index in [1.807, 2.05) is 6.07 Å². The third-order valence-corrected chi connectivity index (χ3v) is 4.71. The molecule has 1 fully saturated rings. The van der Waals surface area contributed by atoms with Crippen LogP contribution in [0.15, 0.2) is 53.5 Å². The van der Waals surface area contributed by atoms with Crippen LogP contribution in [0.1, 0.15) is 17.5 Å². The molecule has 134 valence electrons. The van der Waals surface area contributed by atoms with Gasteiger partial charge in [0.2, 0.25) is 0 Å². The number of para-hydroxylation sites is 1. The van der Waals surface area contributed by atoms with Crippen molar-refractivity contribution in [3.8, 4) is 0 Å². The molecule has 2 aromatic carbocycles. The molecule has 0 aliphatic carbocycles. The van der Waals surface area contributed by atoms with E-state index in [0.717, 1.165) is 31.7 Å². The Kier molecular flexibility index (Phi) is 7.11. The van der Waals surface area contributed by atoms with E-state index in [1.54, 1.807) is 0 Å². The van der Waals surface area contributed by atoms with Gasteiger partial charge in [-0.25, -0.2) is 0 Å². The second-order valence-corrected chi connectivity index (χ2v) is 6.59. The van der Waals surface area contributed by atoms with Crippen molar-refractivity contribution in [1.29, 1.82) is 0 Å². The van der Waals surface area contributed by atoms with E-state index in [4.69, 9.17) is 5.73 Å². The predicted octanol–water partition coefficient (Wildman–Crippen LogP) is 4.17. The molecule has 1 heterocycles. The number of anilines is 2. The molecule has 0 spiro atoms. The Labute approximate surface area is 167 Å². The first-order chi connectivity index (χ1) is 11.6. The second-order valence-electron chi connectivity index (χ2n) is 6.59. The zero-order chi connectivity index (χ0) is 16.9. The summed E-state index contributed by atoms with van der Waals surface area (Å²) in [5.41, 5.74) is 10.9. The van der Waals surface area contributed by atoms with Gasteiger partial charge in [0.15, 0.2) is 5.96 Å². The number of rotatable bonds is 4. The fraction of sp³-hybridized carbons (Fsp3) is 0.350. The van der Waals surface area contributed by atoms with E-state index >= 15 is 0 Å². The van der Waals surface area contributed by atoms with Crippen molar-refractivity contribution < 1.29 is 0 Å². The summed E-state index contributed by atoms with van der Waals surface area (Å²) >= 11 is 0. The number of nitrogens with two attached hydrogens (primary N) is 1. The summed E-state index contributed by atoms with van der Waals surface area (Å²) in [6.07, 6.45) is 1.16. The lowest BCUT2D eigenvalue weighted by Gasteiger charge is -2.18. The summed E-state index contributed by atoms with van der Waals surface area (Å²) < 4.78 is 0. The van der Waals surface area contributed by atoms with E-state index in [9.17, 15) is 0 Å². The molecule has 5 heteroatoms. The molecule has 1 aliphatic heterocycles. The van der Waals surface area contributed by atoms with Crippen LogP contribution in [-0.2, 0) is 0 Å². The fourth-order valence-corrected chi connectivity index (χ4v) is 3.09. The van der Waals surface area contributed by atoms with Crippen molar-refractivity contribution in [1.82, 2.24) is 0 Å². The van der Waals surface area contributed by atoms with Crippen LogP contribution >= 0.6 is 24.0 Å². The number of nitrogens with one attached hydrogen (secondary N) is 1. The molecule has 4 nitrogen and oxygen atoms in total. The van der Waals surface area contributed by atoms with Gasteiger partial charge in [-0.05, 0) is 61.6 Å². The maximum atomic E-state index is 6.04. The average Bonchev–Trinajstić information content (AvgIpc) is 3.06. The van der Waals surface area contributed by atoms with Gasteiger partial charge in [0.25, 0.3) is 0 Å². The molecule has 3 N–H and O–H groups in total. The molecule has 2 aromatic rings. The number of nitrogens with zero attached hydrogens (tertiary/aromatic N) is 2. The van der Waals surface area contributed by atoms with Crippen LogP contribution in [0.4, 0.5) is 11.4 Å². The molecule has 3 rings (SSSR count). The van der Waals surface area contributed by atoms with Crippen LogP contribution in [0.25, 0.3) is 0 Å². The van der Waals surface area contributed by atoms with Crippen LogP contribution in [0.3, 0.4) is 0 Å². The van der Waals surface area contributed by atoms with Crippen LogP contribution in [-0.4, -0.2) is 25.6 Å². The highest BCUT2D eigenvalue weighted by atomic mass is 127. The van der Waals surface area contributed by atoms with Crippen LogP contribution in [0.5, 0.6) is 0 Å². The number of hydrogen-bond donors (Lipinski definition) is 2. The average molecular weight is 450 g/mol. The molecule has 0 amide bonds. The summed E-state index contributed by atoms with van der Waals surface area (Å²) in [6, 6.07) is 16.8. The third-order valence-electron chi connectivity index (χ3n) is 4.71. The molecule has 1 aliphatic rings. The van der Waals surface area contributed by atoms with Gasteiger partial charge in [-0.3, -0.25) is 4.99 Å². The van der Waals surface area contributed by atoms with Gasteiger partial charge >= 0.3 is 0 Å². The number of aliphatic imine (C=N–C) groups is 1. The van der Waals surface area contributed by atoms with Gasteiger partial charge in [-0.15, -0.1) is 24.0 Å². The zero-order valence-corrected chi connectivity index (χ0v) is 17.2. The topological polar surface area (TPSA) is 53.6 Å². The normalized spacial score (nSPS) is 17.3. The van der Waals surface area contributed by atoms with Crippen molar-refractivity contribution >= 4 is 41.3 Å². The van der Waals surface area contributed by atoms with E-state index < -0.39 is 0 Å². The van der Waals surface area contributed by atoms with Gasteiger partial charge in [-0.1, -0.05) is 24.3 Å². The molecule has 25 heavy (non-hydrogen) atoms. The lowest BCUT2D eigenvalue weighted by molar-refractivity contribution is 0.603. The number of benzene rings is 2. The van der Waals surface area contributed by atoms with Crippen molar-refractivity contribution in [2.45, 2.75) is 20.3 Å². The quantitative estimate of drug-likeness (QED) is 0.418. The van der Waals surface area contributed by atoms with E-state index in [0.29, 0.717) is 11.9 Å². The van der Waals surface area contributed by atoms with Crippen molar-refractivity contribution in [2.24, 2.45) is 16.6 Å². The molecular formula is C20H27IN4. The highest BCUT2D eigenvalue weighted by Gasteiger charge is 2.22. The summed E-state index contributed by atoms with van der Waals surface area (Å²) in [5, 5.41) is 3.19. The molecular weight excluding hydrogens is 423 g/mol. The lowest BCUT2D eigenvalue weighted by Crippen LogP contribution is -2.25. The van der Waals surface area contributed by atoms with Crippen molar-refractivity contribution in [3.05, 3.63) is 59.7 Å². The number of halogens is 1. The van der Waals surface area contributed by atoms with Crippen molar-refractivity contribution in [2.75, 3.05) is 29.9 Å². The van der Waals surface area contributed by atoms with Crippen LogP contribution in [0.2, 0.25) is 0 Å². The molecule has 0 bridgehead atoms. The molecule has 0 aromatic heterocycles. The lowest BCUT2D eigenvalue weighted by atomic mass is 10.1. The summed E-state index contributed by atoms with van der Waals surface area (Å²) in [7, 11) is 0. The minimum atomic E-state index is 0. The predicted molar refractivity (Wildman–Crippen MR) is 118 cm³/mol. The number of hydrogen-bond acceptors (Lipinski definition) is 2. The summed E-state index contributed by atoms with van der Waals surface area (Å²) in [4.78, 5) is 6.96. The second kappa shape index (κ2) is 9.08. The largest absolute Gasteiger partial charge is 0.371 e. The molecule has 0 saturated carbocycles. The maximum Gasteiger partial charge on any atom is 0.193 e. The Balaban J connectivity index is 0.00000225. The van der Waals surface area contributed by atoms with Gasteiger partial charge in [0.05, 0.1) is 0 Å². The molecule has 1 unspecified atom stereocenters. The Morgan fingerprint density at radius 2 is 1.92 bits per heavy atom. The standard InChI is InChI=1S/C20H26N4.HI/c1-15-8-9-18(12-16(15)2)23-20(21)22-13-17-10-11-24(14-17)19-6-4-3-5-7-19;/h3-9,12,17H,10-11,13-14H2,1-2H3,(H3,21,22,23);1H. The minimum absolute atomic E-state index is 0. The minimum Gasteiger partial charge on any atom is -0.371 e. The van der Waals surface area contributed by atoms with Gasteiger partial charge < -0.3 is 16.0 Å². The van der Waals surface area contributed by atoms with Gasteiger partial charge in [0.1, 0.15) is 0 Å². The Bertz CT molecular complexity index is 715. The van der Waals surface area contributed by atoms with Gasteiger partial charge in [0, 0.05) is 31.0 Å². The van der Waals surface area contributed by atoms with Crippen LogP contribution in [0, 0.1) is 19.8 Å². The number of aryl methyl sites for hydroxylation is 2. The zero-order valence-electron chi connectivity index (χ0n) is 14.9. The highest BCUT2D eigenvalue weighted by molar-refractivity contribution is 14.0. The van der Waals surface area contributed by atoms with Crippen molar-refractivity contribution in [3.63, 3.8) is 0 Å². The molecule has 1 atom stereocenters. The number of guanidine groups is 1. The Morgan fingerprint density at radius 1 is 1.16 bits per heavy atom. The maximum absolute atomic E-state index is 6.04. The first-order valence-electron chi connectivity index (χ1n) is 8.56. The summed E-state index contributed by atoms with van der Waals surface area (Å²) in [6.45, 7) is 7.12. The fourth-order valence-electron chi connectivity index (χ4n) is 3.09. The third kappa shape index (κ3) is 5.36. The smallest absolute Gasteiger partial charge is 0.193 e. The van der Waals surface area contributed by atoms with E-state index in [1.165, 1.54) is 16.8 Å². The Hall–Kier alpha value is -1.76. The van der Waals surface area contributed by atoms with E-state index in [-0.39, 0.29) is 24.0 Å². The van der Waals surface area contributed by atoms with Crippen LogP contribution < -0.4 is 16.0 Å². The first-order valence-corrected chi connectivity index (χ1v) is 8.56. The molecule has 1 saturated heterocycles. The summed E-state index contributed by atoms with van der Waals surface area (Å²) in [5.74, 6) is 1.06. The Morgan fingerprint density at radius 3 is 2.64 bits per heavy atom. The van der Waals surface area contributed by atoms with Gasteiger partial charge in [-0.2, -0.15) is 0 Å². The monoisotopic (exact) mass is 450 g/mol. The highest BCUT2D eigenvalue weighted by Crippen LogP contribution is 2.23. The van der Waals surface area contributed by atoms with E-state index in [2.05, 4.69) is 71.5 Å².